The van der Waals surface area contributed by atoms with Gasteiger partial charge in [0.1, 0.15) is 0 Å². The van der Waals surface area contributed by atoms with E-state index >= 15 is 0 Å². The third kappa shape index (κ3) is 6.03. The van der Waals surface area contributed by atoms with E-state index < -0.39 is 6.04 Å². The van der Waals surface area contributed by atoms with E-state index in [2.05, 4.69) is 21.9 Å². The Morgan fingerprint density at radius 3 is 2.76 bits per heavy atom. The fourth-order valence-electron chi connectivity index (χ4n) is 3.33. The van der Waals surface area contributed by atoms with Crippen molar-refractivity contribution >= 4 is 17.3 Å². The van der Waals surface area contributed by atoms with Gasteiger partial charge >= 0.3 is 0 Å². The van der Waals surface area contributed by atoms with Gasteiger partial charge < -0.3 is 20.3 Å². The van der Waals surface area contributed by atoms with Crippen molar-refractivity contribution in [3.63, 3.8) is 0 Å². The highest BCUT2D eigenvalue weighted by Gasteiger charge is 2.21. The van der Waals surface area contributed by atoms with Crippen LogP contribution in [0.15, 0.2) is 47.6 Å². The molecule has 0 bridgehead atoms. The van der Waals surface area contributed by atoms with E-state index in [0.717, 1.165) is 24.1 Å². The Bertz CT molecular complexity index is 1090. The molecule has 33 heavy (non-hydrogen) atoms. The second-order valence-electron chi connectivity index (χ2n) is 7.13. The first-order chi connectivity index (χ1) is 16.1. The first-order valence-corrected chi connectivity index (χ1v) is 10.8. The second kappa shape index (κ2) is 11.6. The van der Waals surface area contributed by atoms with E-state index in [4.69, 9.17) is 21.2 Å². The van der Waals surface area contributed by atoms with E-state index in [1.165, 1.54) is 5.01 Å². The summed E-state index contributed by atoms with van der Waals surface area (Å²) >= 11 is 0. The third-order valence-corrected chi connectivity index (χ3v) is 4.85. The number of terminal acetylenes is 1. The topological polar surface area (TPSA) is 101 Å². The van der Waals surface area contributed by atoms with Crippen LogP contribution in [0.25, 0.3) is 5.43 Å². The van der Waals surface area contributed by atoms with Gasteiger partial charge in [0, 0.05) is 29.4 Å². The molecule has 1 amide bonds. The fraction of sp³-hybridized carbons (Fsp3) is 0.320. The molecule has 8 heteroatoms. The molecule has 0 aliphatic carbocycles. The molecular formula is C25H26N5O3-. The van der Waals surface area contributed by atoms with Crippen LogP contribution in [0, 0.1) is 23.7 Å². The summed E-state index contributed by atoms with van der Waals surface area (Å²) in [6, 6.07) is 13.5. The van der Waals surface area contributed by atoms with E-state index in [1.54, 1.807) is 24.3 Å². The van der Waals surface area contributed by atoms with Crippen LogP contribution in [0.1, 0.15) is 42.6 Å². The maximum Gasteiger partial charge on any atom is 0.274 e. The lowest BCUT2D eigenvalue weighted by Crippen LogP contribution is -2.32. The Morgan fingerprint density at radius 1 is 1.24 bits per heavy atom. The number of nitriles is 1. The minimum absolute atomic E-state index is 0.222. The summed E-state index contributed by atoms with van der Waals surface area (Å²) < 4.78 is 11.4. The standard InChI is InChI=1S/C25H26N5O3/c1-4-20(17-26)27-28-21-10-7-9-19(15-21)25(31)30-14-8-11-22(29-30)18-12-13-23(32-5-2)24(16-18)33-6-3/h1,7,9-10,12-13,15-16,20,28H,5-6,8,11,14H2,2-3H3/q-1. The lowest BCUT2D eigenvalue weighted by molar-refractivity contribution is 0.0751. The third-order valence-electron chi connectivity index (χ3n) is 4.85. The molecule has 0 radical (unpaired) electrons. The van der Waals surface area contributed by atoms with Gasteiger partial charge in [0.2, 0.25) is 0 Å². The number of carbonyl (C=O) groups excluding carboxylic acids is 1. The molecule has 170 valence electrons. The highest BCUT2D eigenvalue weighted by Crippen LogP contribution is 2.30. The predicted molar refractivity (Wildman–Crippen MR) is 127 cm³/mol. The number of anilines is 1. The van der Waals surface area contributed by atoms with E-state index in [-0.39, 0.29) is 5.91 Å². The highest BCUT2D eigenvalue weighted by molar-refractivity contribution is 6.03. The normalized spacial score (nSPS) is 13.8. The summed E-state index contributed by atoms with van der Waals surface area (Å²) in [6.07, 6.45) is 6.78. The van der Waals surface area contributed by atoms with Crippen LogP contribution in [-0.2, 0) is 0 Å². The molecule has 1 unspecified atom stereocenters. The number of nitrogens with one attached hydrogen (secondary N) is 1. The molecule has 1 N–H and O–H groups in total. The van der Waals surface area contributed by atoms with Gasteiger partial charge in [-0.15, -0.1) is 12.3 Å². The number of hydrogen-bond donors (Lipinski definition) is 1. The molecule has 1 aliphatic heterocycles. The second-order valence-corrected chi connectivity index (χ2v) is 7.13. The maximum absolute atomic E-state index is 13.1. The molecule has 8 nitrogen and oxygen atoms in total. The molecular weight excluding hydrogens is 418 g/mol. The van der Waals surface area contributed by atoms with Crippen LogP contribution >= 0.6 is 0 Å². The molecule has 0 aromatic heterocycles. The molecule has 3 rings (SSSR count). The number of benzene rings is 2. The smallest absolute Gasteiger partial charge is 0.274 e. The van der Waals surface area contributed by atoms with Gasteiger partial charge in [-0.1, -0.05) is 6.07 Å². The summed E-state index contributed by atoms with van der Waals surface area (Å²) in [5.41, 5.74) is 9.38. The zero-order chi connectivity index (χ0) is 23.6. The van der Waals surface area contributed by atoms with Crippen molar-refractivity contribution in [3.8, 4) is 29.9 Å². The SMILES string of the molecule is C#CC(C#N)[N-]Nc1cccc(C(=O)N2CCCC(c3ccc(OCC)c(OCC)c3)=N2)c1. The van der Waals surface area contributed by atoms with Crippen molar-refractivity contribution in [2.45, 2.75) is 32.7 Å². The number of amides is 1. The molecule has 0 fully saturated rings. The maximum atomic E-state index is 13.1. The van der Waals surface area contributed by atoms with Crippen LogP contribution in [0.2, 0.25) is 0 Å². The van der Waals surface area contributed by atoms with Crippen molar-refractivity contribution in [1.82, 2.24) is 5.01 Å². The van der Waals surface area contributed by atoms with Crippen LogP contribution < -0.4 is 14.9 Å². The summed E-state index contributed by atoms with van der Waals surface area (Å²) in [6.45, 7) is 5.43. The average Bonchev–Trinajstić information content (AvgIpc) is 2.86. The number of carbonyl (C=O) groups is 1. The Kier molecular flexibility index (Phi) is 8.29. The van der Waals surface area contributed by atoms with Crippen LogP contribution in [0.3, 0.4) is 0 Å². The summed E-state index contributed by atoms with van der Waals surface area (Å²) in [4.78, 5) is 13.1. The Balaban J connectivity index is 1.79. The number of ether oxygens (including phenoxy) is 2. The zero-order valence-electron chi connectivity index (χ0n) is 18.7. The summed E-state index contributed by atoms with van der Waals surface area (Å²) in [5, 5.41) is 15.0. The molecule has 0 saturated heterocycles. The van der Waals surface area contributed by atoms with E-state index in [9.17, 15) is 4.79 Å². The van der Waals surface area contributed by atoms with Crippen molar-refractivity contribution < 1.29 is 14.3 Å². The molecule has 2 aromatic carbocycles. The van der Waals surface area contributed by atoms with Crippen molar-refractivity contribution in [2.75, 3.05) is 25.2 Å². The van der Waals surface area contributed by atoms with Crippen LogP contribution in [0.4, 0.5) is 5.69 Å². The molecule has 0 saturated carbocycles. The molecule has 2 aromatic rings. The number of nitrogens with zero attached hydrogens (tertiary/aromatic N) is 4. The lowest BCUT2D eigenvalue weighted by Gasteiger charge is -2.26. The van der Waals surface area contributed by atoms with Gasteiger partial charge in [0.15, 0.2) is 11.5 Å². The number of hydrazone groups is 1. The Labute approximate surface area is 194 Å². The lowest BCUT2D eigenvalue weighted by atomic mass is 10.0. The molecule has 1 heterocycles. The van der Waals surface area contributed by atoms with E-state index in [0.29, 0.717) is 42.5 Å². The van der Waals surface area contributed by atoms with Crippen LogP contribution in [-0.4, -0.2) is 42.4 Å². The zero-order valence-corrected chi connectivity index (χ0v) is 18.7. The first-order valence-electron chi connectivity index (χ1n) is 10.8. The Morgan fingerprint density at radius 2 is 2.03 bits per heavy atom. The predicted octanol–water partition coefficient (Wildman–Crippen LogP) is 4.35. The van der Waals surface area contributed by atoms with Gasteiger partial charge in [-0.05, 0) is 63.1 Å². The van der Waals surface area contributed by atoms with Crippen LogP contribution in [0.5, 0.6) is 11.5 Å². The minimum Gasteiger partial charge on any atom is -0.545 e. The van der Waals surface area contributed by atoms with Crippen molar-refractivity contribution in [3.05, 3.63) is 59.0 Å². The van der Waals surface area contributed by atoms with Gasteiger partial charge in [-0.25, -0.2) is 5.01 Å². The fourth-order valence-corrected chi connectivity index (χ4v) is 3.33. The minimum atomic E-state index is -0.908. The van der Waals surface area contributed by atoms with Crippen molar-refractivity contribution in [1.29, 1.82) is 5.26 Å². The molecule has 0 spiro atoms. The monoisotopic (exact) mass is 444 g/mol. The van der Waals surface area contributed by atoms with E-state index in [1.807, 2.05) is 38.1 Å². The van der Waals surface area contributed by atoms with Gasteiger partial charge in [0.25, 0.3) is 5.91 Å². The Hall–Kier alpha value is -4.01. The summed E-state index contributed by atoms with van der Waals surface area (Å²) in [5.74, 6) is 3.38. The summed E-state index contributed by atoms with van der Waals surface area (Å²) in [7, 11) is 0. The average molecular weight is 445 g/mol. The number of hydrogen-bond acceptors (Lipinski definition) is 6. The molecule has 1 atom stereocenters. The van der Waals surface area contributed by atoms with Crippen molar-refractivity contribution in [2.24, 2.45) is 5.10 Å². The first kappa shape index (κ1) is 23.6. The number of rotatable bonds is 9. The molecule has 1 aliphatic rings. The highest BCUT2D eigenvalue weighted by atomic mass is 16.5. The van der Waals surface area contributed by atoms with Gasteiger partial charge in [-0.3, -0.25) is 4.79 Å². The van der Waals surface area contributed by atoms with Gasteiger partial charge in [-0.2, -0.15) is 10.4 Å². The van der Waals surface area contributed by atoms with Gasteiger partial charge in [0.05, 0.1) is 25.0 Å². The largest absolute Gasteiger partial charge is 0.545 e. The quantitative estimate of drug-likeness (QED) is 0.458.